The quantitative estimate of drug-likeness (QED) is 0.630. The lowest BCUT2D eigenvalue weighted by Gasteiger charge is -2.02. The molecule has 0 aliphatic carbocycles. The summed E-state index contributed by atoms with van der Waals surface area (Å²) in [6, 6.07) is 5.32. The van der Waals surface area contributed by atoms with Crippen LogP contribution in [0, 0.1) is 0 Å². The van der Waals surface area contributed by atoms with Crippen molar-refractivity contribution in [2.45, 2.75) is 19.8 Å². The third-order valence-corrected chi connectivity index (χ3v) is 2.09. The first-order valence-electron chi connectivity index (χ1n) is 4.29. The van der Waals surface area contributed by atoms with Gasteiger partial charge in [-0.05, 0) is 17.5 Å². The molecule has 0 saturated heterocycles. The third-order valence-electron chi connectivity index (χ3n) is 2.09. The number of fused-ring (bicyclic) bond motifs is 1. The number of amides is 2. The van der Waals surface area contributed by atoms with E-state index >= 15 is 0 Å². The van der Waals surface area contributed by atoms with Gasteiger partial charge < -0.3 is 0 Å². The molecule has 0 spiro atoms. The number of urea groups is 1. The predicted octanol–water partition coefficient (Wildman–Crippen LogP) is 1.18. The summed E-state index contributed by atoms with van der Waals surface area (Å²) in [7, 11) is 0. The van der Waals surface area contributed by atoms with Crippen LogP contribution in [0.15, 0.2) is 28.2 Å². The summed E-state index contributed by atoms with van der Waals surface area (Å²) in [4.78, 5) is 18.6. The van der Waals surface area contributed by atoms with Gasteiger partial charge in [-0.15, -0.1) is 0 Å². The van der Waals surface area contributed by atoms with Crippen LogP contribution >= 0.6 is 0 Å². The largest absolute Gasteiger partial charge is 0.368 e. The fourth-order valence-electron chi connectivity index (χ4n) is 1.45. The molecule has 1 aromatic carbocycles. The molecule has 13 heavy (non-hydrogen) atoms. The zero-order chi connectivity index (χ0) is 9.42. The van der Waals surface area contributed by atoms with Crippen LogP contribution < -0.4 is 10.7 Å². The number of nitrogens with zero attached hydrogens (tertiary/aromatic N) is 2. The average Bonchev–Trinajstić information content (AvgIpc) is 2.43. The fraction of sp³-hybridized carbons (Fsp3) is 0.300. The second-order valence-electron chi connectivity index (χ2n) is 3.38. The van der Waals surface area contributed by atoms with Crippen molar-refractivity contribution in [3.8, 4) is 0 Å². The van der Waals surface area contributed by atoms with Gasteiger partial charge in [0.25, 0.3) is 0 Å². The average molecular weight is 174 g/mol. The molecule has 0 fully saturated rings. The van der Waals surface area contributed by atoms with Crippen LogP contribution in [0.3, 0.4) is 0 Å². The van der Waals surface area contributed by atoms with Crippen molar-refractivity contribution in [2.24, 2.45) is 9.98 Å². The Labute approximate surface area is 75.8 Å². The molecule has 0 aromatic heterocycles. The third kappa shape index (κ3) is 1.26. The van der Waals surface area contributed by atoms with E-state index in [1.54, 1.807) is 0 Å². The zero-order valence-corrected chi connectivity index (χ0v) is 7.61. The lowest BCUT2D eigenvalue weighted by atomic mass is 10.0. The molecule has 0 unspecified atom stereocenters. The maximum atomic E-state index is 10.9. The summed E-state index contributed by atoms with van der Waals surface area (Å²) in [6.45, 7) is 4.15. The number of carbonyl (C=O) groups is 1. The molecule has 0 saturated carbocycles. The first-order valence-corrected chi connectivity index (χ1v) is 4.29. The van der Waals surface area contributed by atoms with Gasteiger partial charge in [0.15, 0.2) is 0 Å². The van der Waals surface area contributed by atoms with E-state index in [4.69, 9.17) is 0 Å². The Morgan fingerprint density at radius 1 is 1.23 bits per heavy atom. The molecule has 1 aliphatic rings. The van der Waals surface area contributed by atoms with Gasteiger partial charge >= 0.3 is 6.03 Å². The molecule has 1 aliphatic heterocycles. The summed E-state index contributed by atoms with van der Waals surface area (Å²) in [5.74, 6) is 0.375. The van der Waals surface area contributed by atoms with Gasteiger partial charge in [-0.25, -0.2) is 4.79 Å². The van der Waals surface area contributed by atoms with Gasteiger partial charge in [-0.1, -0.05) is 26.0 Å². The van der Waals surface area contributed by atoms with Crippen molar-refractivity contribution >= 4 is 6.03 Å². The van der Waals surface area contributed by atoms with Crippen molar-refractivity contribution in [3.63, 3.8) is 0 Å². The monoisotopic (exact) mass is 174 g/mol. The van der Waals surface area contributed by atoms with Gasteiger partial charge in [-0.2, -0.15) is 9.98 Å². The topological polar surface area (TPSA) is 41.8 Å². The standard InChI is InChI=1S/C10H10N2O/c1-6(2)7-4-3-5-8-9(7)12-10(13)11-8/h3-6H,1-2H3. The SMILES string of the molecule is CC(C)c1cccc2c1=NC(=O)N=2. The van der Waals surface area contributed by atoms with E-state index in [9.17, 15) is 4.79 Å². The Balaban J connectivity index is 2.80. The van der Waals surface area contributed by atoms with Crippen LogP contribution in [0.2, 0.25) is 0 Å². The first-order chi connectivity index (χ1) is 6.18. The highest BCUT2D eigenvalue weighted by Crippen LogP contribution is 2.07. The number of hydrogen-bond acceptors (Lipinski definition) is 1. The molecule has 2 amide bonds. The molecule has 0 radical (unpaired) electrons. The molecule has 3 heteroatoms. The van der Waals surface area contributed by atoms with E-state index in [1.807, 2.05) is 18.2 Å². The summed E-state index contributed by atoms with van der Waals surface area (Å²) >= 11 is 0. The molecule has 3 nitrogen and oxygen atoms in total. The highest BCUT2D eigenvalue weighted by Gasteiger charge is 2.10. The van der Waals surface area contributed by atoms with E-state index in [2.05, 4.69) is 23.8 Å². The number of para-hydroxylation sites is 1. The lowest BCUT2D eigenvalue weighted by Crippen LogP contribution is -2.26. The van der Waals surface area contributed by atoms with Crippen LogP contribution in [-0.4, -0.2) is 6.03 Å². The van der Waals surface area contributed by atoms with E-state index in [1.165, 1.54) is 0 Å². The van der Waals surface area contributed by atoms with Crippen LogP contribution in [0.1, 0.15) is 25.3 Å². The maximum Gasteiger partial charge on any atom is 0.368 e. The lowest BCUT2D eigenvalue weighted by molar-refractivity contribution is 0.256. The minimum atomic E-state index is -0.386. The molecule has 1 aromatic rings. The Morgan fingerprint density at radius 3 is 2.69 bits per heavy atom. The van der Waals surface area contributed by atoms with Crippen molar-refractivity contribution in [2.75, 3.05) is 0 Å². The second-order valence-corrected chi connectivity index (χ2v) is 3.38. The summed E-state index contributed by atoms with van der Waals surface area (Å²) < 4.78 is 0. The normalized spacial score (nSPS) is 13.9. The van der Waals surface area contributed by atoms with Gasteiger partial charge in [0.1, 0.15) is 0 Å². The van der Waals surface area contributed by atoms with E-state index in [-0.39, 0.29) is 6.03 Å². The summed E-state index contributed by atoms with van der Waals surface area (Å²) in [6.07, 6.45) is 0. The van der Waals surface area contributed by atoms with Crippen molar-refractivity contribution in [1.29, 1.82) is 0 Å². The molecule has 2 rings (SSSR count). The maximum absolute atomic E-state index is 10.9. The van der Waals surface area contributed by atoms with Crippen LogP contribution in [0.5, 0.6) is 0 Å². The molecule has 66 valence electrons. The molecule has 0 N–H and O–H groups in total. The fourth-order valence-corrected chi connectivity index (χ4v) is 1.45. The van der Waals surface area contributed by atoms with E-state index in [0.29, 0.717) is 11.3 Å². The van der Waals surface area contributed by atoms with Crippen molar-refractivity contribution < 1.29 is 4.79 Å². The number of hydrogen-bond donors (Lipinski definition) is 0. The predicted molar refractivity (Wildman–Crippen MR) is 48.2 cm³/mol. The summed E-state index contributed by atoms with van der Waals surface area (Å²) in [5.41, 5.74) is 1.09. The zero-order valence-electron chi connectivity index (χ0n) is 7.61. The summed E-state index contributed by atoms with van der Waals surface area (Å²) in [5, 5.41) is 1.46. The molecule has 0 atom stereocenters. The Hall–Kier alpha value is -1.51. The number of rotatable bonds is 1. The molecular formula is C10H10N2O. The highest BCUT2D eigenvalue weighted by molar-refractivity contribution is 5.77. The van der Waals surface area contributed by atoms with Gasteiger partial charge in [-0.3, -0.25) is 0 Å². The smallest absolute Gasteiger partial charge is 0.244 e. The molecular weight excluding hydrogens is 164 g/mol. The molecule has 0 bridgehead atoms. The van der Waals surface area contributed by atoms with Crippen LogP contribution in [0.25, 0.3) is 0 Å². The Bertz CT molecular complexity index is 474. The number of carbonyl (C=O) groups excluding carboxylic acids is 1. The van der Waals surface area contributed by atoms with E-state index in [0.717, 1.165) is 10.9 Å². The van der Waals surface area contributed by atoms with Crippen molar-refractivity contribution in [3.05, 3.63) is 34.5 Å². The highest BCUT2D eigenvalue weighted by atomic mass is 16.2. The van der Waals surface area contributed by atoms with Gasteiger partial charge in [0, 0.05) is 0 Å². The minimum absolute atomic E-state index is 0.375. The first kappa shape index (κ1) is 8.10. The molecule has 1 heterocycles. The minimum Gasteiger partial charge on any atom is -0.244 e. The number of benzene rings is 1. The van der Waals surface area contributed by atoms with Crippen LogP contribution in [-0.2, 0) is 0 Å². The Morgan fingerprint density at radius 2 is 2.00 bits per heavy atom. The van der Waals surface area contributed by atoms with Crippen LogP contribution in [0.4, 0.5) is 4.79 Å². The second kappa shape index (κ2) is 2.76. The van der Waals surface area contributed by atoms with Gasteiger partial charge in [0.05, 0.1) is 10.7 Å². The Kier molecular flexibility index (Phi) is 1.72. The van der Waals surface area contributed by atoms with Gasteiger partial charge in [0.2, 0.25) is 0 Å². The van der Waals surface area contributed by atoms with Crippen molar-refractivity contribution in [1.82, 2.24) is 0 Å². The van der Waals surface area contributed by atoms with E-state index < -0.39 is 0 Å².